The fourth-order valence-corrected chi connectivity index (χ4v) is 13.5. The number of rotatable bonds is 9. The van der Waals surface area contributed by atoms with E-state index in [9.17, 15) is 27.6 Å². The summed E-state index contributed by atoms with van der Waals surface area (Å²) in [4.78, 5) is 79.8. The van der Waals surface area contributed by atoms with E-state index in [0.29, 0.717) is 62.1 Å². The molecule has 17 nitrogen and oxygen atoms in total. The molecule has 7 fully saturated rings. The van der Waals surface area contributed by atoms with Gasteiger partial charge in [-0.25, -0.2) is 23.0 Å². The maximum atomic E-state index is 15.3. The van der Waals surface area contributed by atoms with Crippen LogP contribution in [0, 0.1) is 17.8 Å². The molecule has 0 spiro atoms. The first-order chi connectivity index (χ1) is 33.8. The average molecular weight is 1000 g/mol. The van der Waals surface area contributed by atoms with Crippen LogP contribution in [0.15, 0.2) is 36.9 Å². The lowest BCUT2D eigenvalue weighted by molar-refractivity contribution is -0.142. The van der Waals surface area contributed by atoms with Gasteiger partial charge in [0.15, 0.2) is 0 Å². The summed E-state index contributed by atoms with van der Waals surface area (Å²) in [5.74, 6) is -1.42. The number of carbonyl (C=O) groups is 5. The van der Waals surface area contributed by atoms with Crippen molar-refractivity contribution in [2.45, 2.75) is 208 Å². The van der Waals surface area contributed by atoms with Crippen molar-refractivity contribution in [2.24, 2.45) is 17.8 Å². The van der Waals surface area contributed by atoms with E-state index < -0.39 is 73.8 Å². The Morgan fingerprint density at radius 3 is 2.28 bits per heavy atom. The van der Waals surface area contributed by atoms with E-state index in [1.54, 1.807) is 6.92 Å². The molecule has 8 aliphatic rings. The SMILES string of the molecule is C=C[C@@H]1C[C@]1(NC(=O)[C@@H]1C[C@@H]2CN1C(=O)[C@H](C1CCCCC1)NC(=O)O[C@@H]1C[C@H]1CCCCCc1c(nc3ccccc3c1OC1CC3CCC(C1)N3C(=O)OC(C)(C)C)O2)C(=O)NS(=O)(=O)C1(C)CC1. The Hall–Kier alpha value is -5.13. The number of hydrogen-bond acceptors (Lipinski definition) is 12. The molecule has 1 aromatic carbocycles. The Morgan fingerprint density at radius 1 is 0.915 bits per heavy atom. The highest BCUT2D eigenvalue weighted by Crippen LogP contribution is 2.48. The fourth-order valence-electron chi connectivity index (χ4n) is 12.2. The van der Waals surface area contributed by atoms with Gasteiger partial charge < -0.3 is 39.4 Å². The number of fused-ring (bicyclic) bond motifs is 7. The monoisotopic (exact) mass is 1000 g/mol. The van der Waals surface area contributed by atoms with Crippen LogP contribution in [-0.4, -0.2) is 118 Å². The second kappa shape index (κ2) is 19.0. The normalized spacial score (nSPS) is 32.9. The molecule has 3 N–H and O–H groups in total. The van der Waals surface area contributed by atoms with Crippen molar-refractivity contribution in [2.75, 3.05) is 6.54 Å². The van der Waals surface area contributed by atoms with E-state index in [-0.39, 0.29) is 61.6 Å². The maximum Gasteiger partial charge on any atom is 0.410 e. The molecule has 386 valence electrons. The highest BCUT2D eigenvalue weighted by Gasteiger charge is 2.63. The maximum absolute atomic E-state index is 15.3. The van der Waals surface area contributed by atoms with Crippen LogP contribution in [0.2, 0.25) is 0 Å². The molecule has 4 aliphatic carbocycles. The van der Waals surface area contributed by atoms with Crippen molar-refractivity contribution >= 4 is 50.8 Å². The fraction of sp³-hybridized carbons (Fsp3) is 0.698. The van der Waals surface area contributed by atoms with E-state index in [4.69, 9.17) is 23.9 Å². The molecule has 5 heterocycles. The van der Waals surface area contributed by atoms with Crippen molar-refractivity contribution in [3.05, 3.63) is 42.5 Å². The van der Waals surface area contributed by atoms with Gasteiger partial charge in [-0.1, -0.05) is 50.3 Å². The number of hydrogen-bond donors (Lipinski definition) is 3. The summed E-state index contributed by atoms with van der Waals surface area (Å²) in [5, 5.41) is 6.72. The number of nitrogens with zero attached hydrogens (tertiary/aromatic N) is 3. The summed E-state index contributed by atoms with van der Waals surface area (Å²) < 4.78 is 53.8. The van der Waals surface area contributed by atoms with Crippen molar-refractivity contribution < 1.29 is 51.3 Å². The second-order valence-electron chi connectivity index (χ2n) is 23.2. The van der Waals surface area contributed by atoms with Crippen molar-refractivity contribution in [1.82, 2.24) is 30.1 Å². The highest BCUT2D eigenvalue weighted by atomic mass is 32.2. The minimum Gasteiger partial charge on any atom is -0.489 e. The first-order valence-corrected chi connectivity index (χ1v) is 27.9. The summed E-state index contributed by atoms with van der Waals surface area (Å²) in [7, 11) is -4.04. The van der Waals surface area contributed by atoms with Gasteiger partial charge in [-0.05, 0) is 122 Å². The van der Waals surface area contributed by atoms with Gasteiger partial charge >= 0.3 is 12.2 Å². The highest BCUT2D eigenvalue weighted by molar-refractivity contribution is 7.91. The third-order valence-electron chi connectivity index (χ3n) is 16.8. The molecule has 10 rings (SSSR count). The molecule has 4 aliphatic heterocycles. The first-order valence-electron chi connectivity index (χ1n) is 26.4. The molecule has 4 bridgehead atoms. The lowest BCUT2D eigenvalue weighted by atomic mass is 9.83. The van der Waals surface area contributed by atoms with Crippen molar-refractivity contribution in [1.29, 1.82) is 0 Å². The van der Waals surface area contributed by atoms with Gasteiger partial charge in [0.25, 0.3) is 5.91 Å². The number of sulfonamides is 1. The lowest BCUT2D eigenvalue weighted by Crippen LogP contribution is -2.59. The van der Waals surface area contributed by atoms with E-state index in [1.807, 2.05) is 49.9 Å². The number of nitrogens with one attached hydrogen (secondary N) is 3. The number of ether oxygens (including phenoxy) is 4. The molecule has 2 unspecified atom stereocenters. The Labute approximate surface area is 417 Å². The van der Waals surface area contributed by atoms with Crippen LogP contribution in [-0.2, 0) is 40.3 Å². The van der Waals surface area contributed by atoms with Crippen LogP contribution in [0.3, 0.4) is 0 Å². The predicted molar refractivity (Wildman–Crippen MR) is 263 cm³/mol. The zero-order valence-corrected chi connectivity index (χ0v) is 42.6. The lowest BCUT2D eigenvalue weighted by Gasteiger charge is -2.39. The average Bonchev–Trinajstić information content (AvgIpc) is 4.28. The van der Waals surface area contributed by atoms with Crippen LogP contribution in [0.1, 0.15) is 149 Å². The minimum absolute atomic E-state index is 0.0204. The molecule has 9 atom stereocenters. The Bertz CT molecular complexity index is 2540. The molecule has 1 aromatic heterocycles. The van der Waals surface area contributed by atoms with Crippen molar-refractivity contribution in [3.63, 3.8) is 0 Å². The van der Waals surface area contributed by atoms with Gasteiger partial charge in [0.2, 0.25) is 27.7 Å². The summed E-state index contributed by atoms with van der Waals surface area (Å²) in [6, 6.07) is 5.60. The summed E-state index contributed by atoms with van der Waals surface area (Å²) in [6.07, 6.45) is 12.5. The number of carbonyl (C=O) groups excluding carboxylic acids is 5. The number of pyridine rings is 1. The summed E-state index contributed by atoms with van der Waals surface area (Å²) in [6.45, 7) is 11.1. The van der Waals surface area contributed by atoms with Gasteiger partial charge in [0.1, 0.15) is 47.3 Å². The van der Waals surface area contributed by atoms with E-state index >= 15 is 4.79 Å². The second-order valence-corrected chi connectivity index (χ2v) is 25.4. The Balaban J connectivity index is 0.983. The van der Waals surface area contributed by atoms with Crippen LogP contribution in [0.25, 0.3) is 10.9 Å². The largest absolute Gasteiger partial charge is 0.489 e. The number of benzene rings is 1. The minimum atomic E-state index is -4.04. The van der Waals surface area contributed by atoms with E-state index in [1.165, 1.54) is 11.0 Å². The van der Waals surface area contributed by atoms with E-state index in [2.05, 4.69) is 21.9 Å². The zero-order chi connectivity index (χ0) is 50.0. The van der Waals surface area contributed by atoms with Crippen LogP contribution >= 0.6 is 0 Å². The predicted octanol–water partition coefficient (Wildman–Crippen LogP) is 7.13. The molecule has 0 radical (unpaired) electrons. The summed E-state index contributed by atoms with van der Waals surface area (Å²) in [5.41, 5.74) is -0.751. The van der Waals surface area contributed by atoms with Crippen molar-refractivity contribution in [3.8, 4) is 11.6 Å². The quantitative estimate of drug-likeness (QED) is 0.214. The Kier molecular flexibility index (Phi) is 13.3. The summed E-state index contributed by atoms with van der Waals surface area (Å²) >= 11 is 0. The molecule has 2 aromatic rings. The third-order valence-corrected chi connectivity index (χ3v) is 18.9. The number of alkyl carbamates (subject to hydrolysis) is 1. The molecular formula is C53H72N6O11S. The number of para-hydroxylation sites is 1. The molecule has 5 amide bonds. The third kappa shape index (κ3) is 10.2. The molecule has 18 heteroatoms. The number of piperidine rings is 1. The van der Waals surface area contributed by atoms with E-state index in [0.717, 1.165) is 75.2 Å². The van der Waals surface area contributed by atoms with Crippen LogP contribution in [0.4, 0.5) is 9.59 Å². The van der Waals surface area contributed by atoms with Crippen LogP contribution in [0.5, 0.6) is 11.6 Å². The number of aromatic nitrogens is 1. The topological polar surface area (TPSA) is 212 Å². The van der Waals surface area contributed by atoms with Gasteiger partial charge in [0.05, 0.1) is 22.4 Å². The first kappa shape index (κ1) is 49.4. The van der Waals surface area contributed by atoms with Gasteiger partial charge in [-0.3, -0.25) is 19.1 Å². The molecule has 4 saturated carbocycles. The van der Waals surface area contributed by atoms with Gasteiger partial charge in [-0.15, -0.1) is 6.58 Å². The standard InChI is InChI=1S/C53H72N6O11S/c1-6-33-29-53(33,48(62)57-71(65,66)52(5)23-24-52)56-45(60)41-28-37-30-58(41)47(61)43(31-15-9-7-10-16-31)55-49(63)69-42-25-32(42)17-11-8-12-19-39-44(38-18-13-14-20-40(38)54-46(39)68-37)67-36-26-34-21-22-35(27-36)59(34)50(64)70-51(2,3)4/h6,13-14,18,20,31-37,41-43H,1,7-12,15-17,19,21-30H2,2-5H3,(H,55,63)(H,56,60)(H,57,62)/t32-,33-,34?,35?,36?,37-,41+,42-,43+,53-/m1/s1. The molecule has 3 saturated heterocycles. The zero-order valence-electron chi connectivity index (χ0n) is 41.8. The molecule has 71 heavy (non-hydrogen) atoms. The van der Waals surface area contributed by atoms with Gasteiger partial charge in [0, 0.05) is 42.7 Å². The Morgan fingerprint density at radius 2 is 1.61 bits per heavy atom. The van der Waals surface area contributed by atoms with Crippen LogP contribution < -0.4 is 24.8 Å². The smallest absolute Gasteiger partial charge is 0.410 e. The number of amides is 5. The van der Waals surface area contributed by atoms with Gasteiger partial charge in [-0.2, -0.15) is 0 Å². The molecular weight excluding hydrogens is 929 g/mol.